The number of phenolic OH excluding ortho intramolecular Hbond substituents is 1. The van der Waals surface area contributed by atoms with Gasteiger partial charge in [0.25, 0.3) is 0 Å². The number of phenols is 1. The van der Waals surface area contributed by atoms with Gasteiger partial charge in [0.05, 0.1) is 11.4 Å². The Hall–Kier alpha value is -3.46. The monoisotopic (exact) mass is 381 g/mol. The molecule has 0 amide bonds. The summed E-state index contributed by atoms with van der Waals surface area (Å²) < 4.78 is 28.8. The lowest BCUT2D eigenvalue weighted by molar-refractivity contribution is 0.475. The summed E-state index contributed by atoms with van der Waals surface area (Å²) in [6.45, 7) is 0. The molecular weight excluding hydrogens is 366 g/mol. The van der Waals surface area contributed by atoms with Crippen LogP contribution in [0.5, 0.6) is 5.75 Å². The van der Waals surface area contributed by atoms with E-state index in [4.69, 9.17) is 5.73 Å². The van der Waals surface area contributed by atoms with Gasteiger partial charge in [0, 0.05) is 18.2 Å². The summed E-state index contributed by atoms with van der Waals surface area (Å²) in [5.41, 5.74) is 8.52. The van der Waals surface area contributed by atoms with E-state index in [2.05, 4.69) is 14.4 Å². The minimum absolute atomic E-state index is 0.102. The molecule has 0 saturated heterocycles. The first-order chi connectivity index (χ1) is 12.9. The zero-order valence-electron chi connectivity index (χ0n) is 14.2. The Balaban J connectivity index is 2.04. The van der Waals surface area contributed by atoms with Gasteiger partial charge in [-0.3, -0.25) is 0 Å². The molecule has 3 N–H and O–H groups in total. The zero-order valence-corrected chi connectivity index (χ0v) is 15.1. The molecule has 1 aliphatic rings. The Bertz CT molecular complexity index is 1160. The number of nitrogens with two attached hydrogens (primary N) is 1. The normalized spacial score (nSPS) is 15.1. The predicted molar refractivity (Wildman–Crippen MR) is 103 cm³/mol. The summed E-state index contributed by atoms with van der Waals surface area (Å²) in [7, 11) is -2.60. The Morgan fingerprint density at radius 1 is 0.889 bits per heavy atom. The molecule has 0 fully saturated rings. The summed E-state index contributed by atoms with van der Waals surface area (Å²) in [4.78, 5) is 9.15. The number of nitrogens with zero attached hydrogens (tertiary/aromatic N) is 4. The molecule has 0 spiro atoms. The third-order valence-corrected chi connectivity index (χ3v) is 5.46. The maximum Gasteiger partial charge on any atom is 0.347 e. The number of rotatable bonds is 2. The SMILES string of the molecule is CN1c2nc(-c3ccc(O)cc3)c(-c3ccccc3)nc2C(N)=NS1(=O)=O. The van der Waals surface area contributed by atoms with Crippen LogP contribution in [0.3, 0.4) is 0 Å². The van der Waals surface area contributed by atoms with Crippen LogP contribution in [0, 0.1) is 0 Å². The lowest BCUT2D eigenvalue weighted by Gasteiger charge is -2.24. The summed E-state index contributed by atoms with van der Waals surface area (Å²) in [6, 6.07) is 15.8. The smallest absolute Gasteiger partial charge is 0.347 e. The second-order valence-corrected chi connectivity index (χ2v) is 7.55. The topological polar surface area (TPSA) is 122 Å². The van der Waals surface area contributed by atoms with Crippen molar-refractivity contribution in [3.63, 3.8) is 0 Å². The lowest BCUT2D eigenvalue weighted by atomic mass is 10.0. The fourth-order valence-electron chi connectivity index (χ4n) is 2.77. The average molecular weight is 381 g/mol. The number of hydrogen-bond donors (Lipinski definition) is 2. The van der Waals surface area contributed by atoms with Crippen molar-refractivity contribution < 1.29 is 13.5 Å². The van der Waals surface area contributed by atoms with Crippen molar-refractivity contribution in [3.05, 3.63) is 60.3 Å². The number of aromatic nitrogens is 2. The maximum atomic E-state index is 12.2. The molecule has 1 aliphatic heterocycles. The number of anilines is 1. The molecule has 0 unspecified atom stereocenters. The highest BCUT2D eigenvalue weighted by atomic mass is 32.2. The highest BCUT2D eigenvalue weighted by Crippen LogP contribution is 2.34. The number of fused-ring (bicyclic) bond motifs is 1. The van der Waals surface area contributed by atoms with E-state index in [0.29, 0.717) is 17.0 Å². The van der Waals surface area contributed by atoms with Crippen LogP contribution < -0.4 is 10.0 Å². The van der Waals surface area contributed by atoms with Gasteiger partial charge in [-0.05, 0) is 24.3 Å². The van der Waals surface area contributed by atoms with Crippen LogP contribution in [0.2, 0.25) is 0 Å². The van der Waals surface area contributed by atoms with Gasteiger partial charge in [0.2, 0.25) is 0 Å². The van der Waals surface area contributed by atoms with Crippen LogP contribution in [-0.4, -0.2) is 36.4 Å². The van der Waals surface area contributed by atoms with Crippen LogP contribution in [0.15, 0.2) is 59.0 Å². The highest BCUT2D eigenvalue weighted by molar-refractivity contribution is 7.91. The first kappa shape index (κ1) is 17.0. The number of hydrogen-bond acceptors (Lipinski definition) is 6. The van der Waals surface area contributed by atoms with Gasteiger partial charge >= 0.3 is 10.2 Å². The summed E-state index contributed by atoms with van der Waals surface area (Å²) in [5, 5.41) is 9.57. The second-order valence-electron chi connectivity index (χ2n) is 5.93. The summed E-state index contributed by atoms with van der Waals surface area (Å²) in [6.07, 6.45) is 0. The predicted octanol–water partition coefficient (Wildman–Crippen LogP) is 1.92. The van der Waals surface area contributed by atoms with E-state index in [1.54, 1.807) is 12.1 Å². The van der Waals surface area contributed by atoms with Crippen LogP contribution in [0.4, 0.5) is 5.82 Å². The Labute approximate surface area is 155 Å². The van der Waals surface area contributed by atoms with Crippen LogP contribution in [0.25, 0.3) is 22.5 Å². The third-order valence-electron chi connectivity index (χ3n) is 4.17. The minimum atomic E-state index is -3.95. The van der Waals surface area contributed by atoms with E-state index in [1.807, 2.05) is 30.3 Å². The van der Waals surface area contributed by atoms with Crippen molar-refractivity contribution in [3.8, 4) is 28.3 Å². The average Bonchev–Trinajstić information content (AvgIpc) is 2.66. The van der Waals surface area contributed by atoms with E-state index < -0.39 is 10.2 Å². The minimum Gasteiger partial charge on any atom is -0.508 e. The number of amidine groups is 1. The van der Waals surface area contributed by atoms with E-state index in [0.717, 1.165) is 9.87 Å². The van der Waals surface area contributed by atoms with Crippen LogP contribution >= 0.6 is 0 Å². The van der Waals surface area contributed by atoms with Gasteiger partial charge in [-0.25, -0.2) is 14.3 Å². The molecule has 1 aromatic heterocycles. The molecule has 0 saturated carbocycles. The van der Waals surface area contributed by atoms with E-state index in [-0.39, 0.29) is 23.1 Å². The molecule has 2 aromatic carbocycles. The summed E-state index contributed by atoms with van der Waals surface area (Å²) in [5.74, 6) is 0.0114. The first-order valence-corrected chi connectivity index (χ1v) is 9.38. The van der Waals surface area contributed by atoms with Gasteiger partial charge in [0.1, 0.15) is 5.75 Å². The maximum absolute atomic E-state index is 12.2. The first-order valence-electron chi connectivity index (χ1n) is 7.98. The quantitative estimate of drug-likeness (QED) is 0.699. The number of benzene rings is 2. The molecule has 8 nitrogen and oxygen atoms in total. The molecule has 0 radical (unpaired) electrons. The molecule has 9 heteroatoms. The van der Waals surface area contributed by atoms with Crippen molar-refractivity contribution in [2.24, 2.45) is 10.1 Å². The molecule has 27 heavy (non-hydrogen) atoms. The summed E-state index contributed by atoms with van der Waals surface area (Å²) >= 11 is 0. The van der Waals surface area contributed by atoms with Gasteiger partial charge in [-0.15, -0.1) is 4.40 Å². The van der Waals surface area contributed by atoms with Crippen molar-refractivity contribution in [2.75, 3.05) is 11.4 Å². The van der Waals surface area contributed by atoms with E-state index in [1.165, 1.54) is 19.2 Å². The van der Waals surface area contributed by atoms with Crippen molar-refractivity contribution >= 4 is 21.9 Å². The molecule has 2 heterocycles. The van der Waals surface area contributed by atoms with Crippen molar-refractivity contribution in [1.29, 1.82) is 0 Å². The van der Waals surface area contributed by atoms with Crippen molar-refractivity contribution in [1.82, 2.24) is 9.97 Å². The fraction of sp³-hybridized carbons (Fsp3) is 0.0556. The Morgan fingerprint density at radius 3 is 2.15 bits per heavy atom. The molecular formula is C18H15N5O3S. The van der Waals surface area contributed by atoms with Gasteiger partial charge in [-0.1, -0.05) is 30.3 Å². The Kier molecular flexibility index (Phi) is 3.81. The number of aromatic hydroxyl groups is 1. The molecule has 4 rings (SSSR count). The zero-order chi connectivity index (χ0) is 19.2. The van der Waals surface area contributed by atoms with Gasteiger partial charge < -0.3 is 10.8 Å². The van der Waals surface area contributed by atoms with Crippen molar-refractivity contribution in [2.45, 2.75) is 0 Å². The van der Waals surface area contributed by atoms with Gasteiger partial charge in [-0.2, -0.15) is 8.42 Å². The highest BCUT2D eigenvalue weighted by Gasteiger charge is 2.31. The van der Waals surface area contributed by atoms with Crippen LogP contribution in [0.1, 0.15) is 5.69 Å². The molecule has 3 aromatic rings. The molecule has 136 valence electrons. The van der Waals surface area contributed by atoms with E-state index in [9.17, 15) is 13.5 Å². The van der Waals surface area contributed by atoms with E-state index >= 15 is 0 Å². The molecule has 0 atom stereocenters. The molecule has 0 bridgehead atoms. The second kappa shape index (κ2) is 6.06. The standard InChI is InChI=1S/C18H15N5O3S/c1-23-18-16(17(19)22-27(23,25)26)20-14(11-5-3-2-4-6-11)15(21-18)12-7-9-13(24)10-8-12/h2-10,24H,1H3,(H2,19,22). The third kappa shape index (κ3) is 2.87. The van der Waals surface area contributed by atoms with Gasteiger partial charge in [0.15, 0.2) is 17.3 Å². The molecule has 0 aliphatic carbocycles. The van der Waals surface area contributed by atoms with Crippen LogP contribution in [-0.2, 0) is 10.2 Å². The Morgan fingerprint density at radius 2 is 1.48 bits per heavy atom. The largest absolute Gasteiger partial charge is 0.508 e. The fourth-order valence-corrected chi connectivity index (χ4v) is 3.58. The lowest BCUT2D eigenvalue weighted by Crippen LogP contribution is -2.36.